The summed E-state index contributed by atoms with van der Waals surface area (Å²) in [5.74, 6) is -0.281. The third-order valence-corrected chi connectivity index (χ3v) is 7.07. The minimum absolute atomic E-state index is 0.0492. The number of rotatable bonds is 4. The van der Waals surface area contributed by atoms with Gasteiger partial charge < -0.3 is 5.32 Å². The molecule has 0 spiro atoms. The highest BCUT2D eigenvalue weighted by atomic mass is 32.2. The average molecular weight is 401 g/mol. The van der Waals surface area contributed by atoms with E-state index in [2.05, 4.69) is 26.1 Å². The van der Waals surface area contributed by atoms with Gasteiger partial charge in [-0.3, -0.25) is 4.79 Å². The Morgan fingerprint density at radius 1 is 1.04 bits per heavy atom. The number of aryl methyl sites for hydroxylation is 1. The summed E-state index contributed by atoms with van der Waals surface area (Å²) in [6, 6.07) is 13.8. The molecule has 5 nitrogen and oxygen atoms in total. The fourth-order valence-electron chi connectivity index (χ4n) is 3.41. The number of amides is 1. The van der Waals surface area contributed by atoms with Gasteiger partial charge in [0.1, 0.15) is 6.04 Å². The topological polar surface area (TPSA) is 66.5 Å². The van der Waals surface area contributed by atoms with E-state index in [9.17, 15) is 13.2 Å². The molecule has 0 saturated carbocycles. The van der Waals surface area contributed by atoms with Crippen LogP contribution in [-0.4, -0.2) is 31.2 Å². The van der Waals surface area contributed by atoms with Gasteiger partial charge in [-0.15, -0.1) is 0 Å². The van der Waals surface area contributed by atoms with Gasteiger partial charge in [0.25, 0.3) is 0 Å². The number of hydrogen-bond donors (Lipinski definition) is 1. The second-order valence-corrected chi connectivity index (χ2v) is 10.3. The molecular formula is C22H28N2O3S. The zero-order valence-electron chi connectivity index (χ0n) is 16.9. The van der Waals surface area contributed by atoms with E-state index in [1.54, 1.807) is 12.1 Å². The van der Waals surface area contributed by atoms with E-state index >= 15 is 0 Å². The molecule has 0 aromatic heterocycles. The van der Waals surface area contributed by atoms with Crippen molar-refractivity contribution in [2.75, 3.05) is 11.9 Å². The number of carbonyl (C=O) groups is 1. The minimum atomic E-state index is -3.72. The zero-order chi connectivity index (χ0) is 20.5. The molecule has 1 unspecified atom stereocenters. The van der Waals surface area contributed by atoms with E-state index in [0.29, 0.717) is 25.1 Å². The first-order valence-electron chi connectivity index (χ1n) is 9.59. The molecule has 1 saturated heterocycles. The predicted octanol–water partition coefficient (Wildman–Crippen LogP) is 4.08. The molecule has 1 N–H and O–H groups in total. The molecule has 2 aromatic rings. The van der Waals surface area contributed by atoms with Crippen LogP contribution in [0.3, 0.4) is 0 Å². The van der Waals surface area contributed by atoms with Gasteiger partial charge in [-0.1, -0.05) is 50.6 Å². The number of carbonyl (C=O) groups excluding carboxylic acids is 1. The van der Waals surface area contributed by atoms with Crippen molar-refractivity contribution in [2.45, 2.75) is 56.9 Å². The van der Waals surface area contributed by atoms with Crippen LogP contribution in [-0.2, 0) is 20.2 Å². The highest BCUT2D eigenvalue weighted by Crippen LogP contribution is 2.29. The van der Waals surface area contributed by atoms with E-state index in [-0.39, 0.29) is 16.2 Å². The molecule has 2 aromatic carbocycles. The van der Waals surface area contributed by atoms with Gasteiger partial charge in [-0.25, -0.2) is 8.42 Å². The van der Waals surface area contributed by atoms with Gasteiger partial charge >= 0.3 is 0 Å². The number of hydrogen-bond acceptors (Lipinski definition) is 3. The number of nitrogens with zero attached hydrogens (tertiary/aromatic N) is 1. The van der Waals surface area contributed by atoms with Crippen molar-refractivity contribution in [1.82, 2.24) is 4.31 Å². The number of nitrogens with one attached hydrogen (secondary N) is 1. The molecule has 1 heterocycles. The molecule has 6 heteroatoms. The van der Waals surface area contributed by atoms with Crippen molar-refractivity contribution >= 4 is 21.6 Å². The molecule has 1 aliphatic heterocycles. The van der Waals surface area contributed by atoms with Gasteiger partial charge in [0, 0.05) is 12.2 Å². The Balaban J connectivity index is 1.80. The molecule has 0 bridgehead atoms. The number of sulfonamides is 1. The standard InChI is InChI=1S/C22H28N2O3S/c1-16-7-11-18(12-8-16)23-21(25)20-6-5-15-24(20)28(26,27)19-13-9-17(10-14-19)22(2,3)4/h7-14,20H,5-6,15H2,1-4H3,(H,23,25). The highest BCUT2D eigenvalue weighted by molar-refractivity contribution is 7.89. The first kappa shape index (κ1) is 20.6. The molecule has 3 rings (SSSR count). The molecule has 1 atom stereocenters. The van der Waals surface area contributed by atoms with Gasteiger partial charge in [-0.05, 0) is 55.0 Å². The fraction of sp³-hybridized carbons (Fsp3) is 0.409. The lowest BCUT2D eigenvalue weighted by Gasteiger charge is -2.24. The Morgan fingerprint density at radius 2 is 1.64 bits per heavy atom. The summed E-state index contributed by atoms with van der Waals surface area (Å²) in [5, 5.41) is 2.85. The Labute approximate surface area is 167 Å². The van der Waals surface area contributed by atoms with E-state index in [4.69, 9.17) is 0 Å². The Morgan fingerprint density at radius 3 is 2.21 bits per heavy atom. The smallest absolute Gasteiger partial charge is 0.243 e. The van der Waals surface area contributed by atoms with E-state index < -0.39 is 16.1 Å². The monoisotopic (exact) mass is 400 g/mol. The molecular weight excluding hydrogens is 372 g/mol. The summed E-state index contributed by atoms with van der Waals surface area (Å²) >= 11 is 0. The van der Waals surface area contributed by atoms with Crippen LogP contribution in [0.2, 0.25) is 0 Å². The maximum atomic E-state index is 13.2. The van der Waals surface area contributed by atoms with Gasteiger partial charge in [0.15, 0.2) is 0 Å². The van der Waals surface area contributed by atoms with Crippen molar-refractivity contribution in [2.24, 2.45) is 0 Å². The maximum absolute atomic E-state index is 13.2. The lowest BCUT2D eigenvalue weighted by Crippen LogP contribution is -2.43. The summed E-state index contributed by atoms with van der Waals surface area (Å²) in [5.41, 5.74) is 2.80. The average Bonchev–Trinajstić information content (AvgIpc) is 3.14. The predicted molar refractivity (Wildman–Crippen MR) is 112 cm³/mol. The van der Waals surface area contributed by atoms with E-state index in [1.165, 1.54) is 4.31 Å². The van der Waals surface area contributed by atoms with Crippen LogP contribution in [0.5, 0.6) is 0 Å². The SMILES string of the molecule is Cc1ccc(NC(=O)C2CCCN2S(=O)(=O)c2ccc(C(C)(C)C)cc2)cc1. The second-order valence-electron chi connectivity index (χ2n) is 8.40. The molecule has 28 heavy (non-hydrogen) atoms. The fourth-order valence-corrected chi connectivity index (χ4v) is 5.07. The van der Waals surface area contributed by atoms with Crippen LogP contribution >= 0.6 is 0 Å². The normalized spacial score (nSPS) is 18.2. The molecule has 1 aliphatic rings. The summed E-state index contributed by atoms with van der Waals surface area (Å²) < 4.78 is 27.6. The molecule has 150 valence electrons. The zero-order valence-corrected chi connectivity index (χ0v) is 17.7. The van der Waals surface area contributed by atoms with Gasteiger partial charge in [0.2, 0.25) is 15.9 Å². The van der Waals surface area contributed by atoms with Gasteiger partial charge in [-0.2, -0.15) is 4.31 Å². The van der Waals surface area contributed by atoms with Crippen LogP contribution in [0.25, 0.3) is 0 Å². The largest absolute Gasteiger partial charge is 0.325 e. The van der Waals surface area contributed by atoms with Crippen LogP contribution in [0.15, 0.2) is 53.4 Å². The quantitative estimate of drug-likeness (QED) is 0.841. The third-order valence-electron chi connectivity index (χ3n) is 5.15. The Bertz CT molecular complexity index is 943. The number of anilines is 1. The van der Waals surface area contributed by atoms with Crippen LogP contribution in [0.4, 0.5) is 5.69 Å². The van der Waals surface area contributed by atoms with Crippen molar-refractivity contribution in [3.63, 3.8) is 0 Å². The maximum Gasteiger partial charge on any atom is 0.243 e. The lowest BCUT2D eigenvalue weighted by molar-refractivity contribution is -0.119. The number of benzene rings is 2. The summed E-state index contributed by atoms with van der Waals surface area (Å²) in [4.78, 5) is 13.0. The molecule has 1 fully saturated rings. The van der Waals surface area contributed by atoms with Crippen molar-refractivity contribution in [3.05, 3.63) is 59.7 Å². The van der Waals surface area contributed by atoms with Crippen LogP contribution in [0, 0.1) is 6.92 Å². The first-order valence-corrected chi connectivity index (χ1v) is 11.0. The van der Waals surface area contributed by atoms with Crippen LogP contribution < -0.4 is 5.32 Å². The summed E-state index contributed by atoms with van der Waals surface area (Å²) in [6.45, 7) is 8.59. The molecule has 1 amide bonds. The van der Waals surface area contributed by atoms with Crippen molar-refractivity contribution in [3.8, 4) is 0 Å². The van der Waals surface area contributed by atoms with Crippen LogP contribution in [0.1, 0.15) is 44.7 Å². The first-order chi connectivity index (χ1) is 13.1. The van der Waals surface area contributed by atoms with E-state index in [1.807, 2.05) is 43.3 Å². The Kier molecular flexibility index (Phi) is 5.64. The summed E-state index contributed by atoms with van der Waals surface area (Å²) in [7, 11) is -3.72. The molecule has 0 aliphatic carbocycles. The molecule has 0 radical (unpaired) electrons. The van der Waals surface area contributed by atoms with Crippen molar-refractivity contribution in [1.29, 1.82) is 0 Å². The van der Waals surface area contributed by atoms with Crippen molar-refractivity contribution < 1.29 is 13.2 Å². The summed E-state index contributed by atoms with van der Waals surface area (Å²) in [6.07, 6.45) is 1.20. The van der Waals surface area contributed by atoms with Gasteiger partial charge in [0.05, 0.1) is 4.90 Å². The minimum Gasteiger partial charge on any atom is -0.325 e. The Hall–Kier alpha value is -2.18. The second kappa shape index (κ2) is 7.68. The highest BCUT2D eigenvalue weighted by Gasteiger charge is 2.39. The van der Waals surface area contributed by atoms with E-state index in [0.717, 1.165) is 11.1 Å². The lowest BCUT2D eigenvalue weighted by atomic mass is 9.87. The third kappa shape index (κ3) is 4.28.